The number of aliphatic hydroxyl groups excluding tert-OH is 2. The van der Waals surface area contributed by atoms with Crippen molar-refractivity contribution in [2.24, 2.45) is 0 Å². The van der Waals surface area contributed by atoms with Crippen LogP contribution in [-0.2, 0) is 24.0 Å². The summed E-state index contributed by atoms with van der Waals surface area (Å²) in [6.07, 6.45) is -14.6. The van der Waals surface area contributed by atoms with Crippen molar-refractivity contribution in [2.75, 3.05) is 7.11 Å². The standard InChI is InChI=1S/C23H19ClF6N6O4/c1-40-20(38)19-31-17(32-36(19)15-5-3-2-4-14(15)22(25,26)27)11-35-21(39)34(10-16(37)23(28,29)30)18(33-35)12-6-8-13(24)9-7-12/h2-9,16,20,37-38H,10-11H2,1H3/t16-,20?/m1/s1. The minimum absolute atomic E-state index is 0.183. The third kappa shape index (κ3) is 6.04. The van der Waals surface area contributed by atoms with Gasteiger partial charge in [0, 0.05) is 17.7 Å². The third-order valence-corrected chi connectivity index (χ3v) is 5.86. The molecule has 4 rings (SSSR count). The van der Waals surface area contributed by atoms with E-state index in [-0.39, 0.29) is 17.2 Å². The molecular weight excluding hydrogens is 574 g/mol. The number of halogens is 7. The monoisotopic (exact) mass is 592 g/mol. The number of alkyl halides is 6. The summed E-state index contributed by atoms with van der Waals surface area (Å²) in [7, 11) is 1.07. The molecule has 0 spiro atoms. The lowest BCUT2D eigenvalue weighted by atomic mass is 10.1. The Hall–Kier alpha value is -3.73. The van der Waals surface area contributed by atoms with Crippen LogP contribution in [0.3, 0.4) is 0 Å². The largest absolute Gasteiger partial charge is 0.418 e. The normalized spacial score (nSPS) is 13.9. The summed E-state index contributed by atoms with van der Waals surface area (Å²) < 4.78 is 87.0. The quantitative estimate of drug-likeness (QED) is 0.237. The number of hydrogen-bond acceptors (Lipinski definition) is 7. The highest BCUT2D eigenvalue weighted by Crippen LogP contribution is 2.34. The van der Waals surface area contributed by atoms with E-state index in [0.717, 1.165) is 25.3 Å². The number of para-hydroxylation sites is 1. The molecule has 0 aliphatic carbocycles. The molecule has 2 atom stereocenters. The summed E-state index contributed by atoms with van der Waals surface area (Å²) in [4.78, 5) is 17.1. The number of hydrogen-bond donors (Lipinski definition) is 2. The van der Waals surface area contributed by atoms with Crippen molar-refractivity contribution in [1.82, 2.24) is 29.1 Å². The molecule has 4 aromatic rings. The molecule has 1 unspecified atom stereocenters. The Balaban J connectivity index is 1.82. The fraction of sp³-hybridized carbons (Fsp3) is 0.304. The van der Waals surface area contributed by atoms with Crippen molar-refractivity contribution in [3.05, 3.63) is 81.3 Å². The predicted octanol–water partition coefficient (Wildman–Crippen LogP) is 3.57. The van der Waals surface area contributed by atoms with E-state index in [1.54, 1.807) is 0 Å². The van der Waals surface area contributed by atoms with Gasteiger partial charge in [-0.25, -0.2) is 19.1 Å². The molecule has 10 nitrogen and oxygen atoms in total. The smallest absolute Gasteiger partial charge is 0.382 e. The predicted molar refractivity (Wildman–Crippen MR) is 126 cm³/mol. The van der Waals surface area contributed by atoms with E-state index in [0.29, 0.717) is 19.0 Å². The summed E-state index contributed by atoms with van der Waals surface area (Å²) in [5.74, 6) is -1.05. The second-order valence-electron chi connectivity index (χ2n) is 8.34. The molecule has 40 heavy (non-hydrogen) atoms. The van der Waals surface area contributed by atoms with E-state index in [1.807, 2.05) is 0 Å². The molecular formula is C23H19ClF6N6O4. The van der Waals surface area contributed by atoms with E-state index < -0.39 is 60.6 Å². The molecule has 0 aliphatic rings. The SMILES string of the molecule is COC(O)c1nc(Cn2nc(-c3ccc(Cl)cc3)n(C[C@@H](O)C(F)(F)F)c2=O)nn1-c1ccccc1C(F)(F)F. The van der Waals surface area contributed by atoms with E-state index in [9.17, 15) is 41.4 Å². The Morgan fingerprint density at radius 1 is 1.00 bits per heavy atom. The minimum Gasteiger partial charge on any atom is -0.382 e. The van der Waals surface area contributed by atoms with Gasteiger partial charge in [0.15, 0.2) is 23.6 Å². The Kier molecular flexibility index (Phi) is 8.07. The highest BCUT2D eigenvalue weighted by Gasteiger charge is 2.39. The molecule has 2 aromatic carbocycles. The van der Waals surface area contributed by atoms with Gasteiger partial charge in [0.2, 0.25) is 6.29 Å². The van der Waals surface area contributed by atoms with Gasteiger partial charge >= 0.3 is 18.0 Å². The van der Waals surface area contributed by atoms with Gasteiger partial charge in [0.25, 0.3) is 0 Å². The van der Waals surface area contributed by atoms with Crippen molar-refractivity contribution >= 4 is 11.6 Å². The third-order valence-electron chi connectivity index (χ3n) is 5.61. The lowest BCUT2D eigenvalue weighted by Crippen LogP contribution is -2.37. The van der Waals surface area contributed by atoms with Crippen molar-refractivity contribution < 1.29 is 41.3 Å². The van der Waals surface area contributed by atoms with Crippen LogP contribution in [0.5, 0.6) is 0 Å². The fourth-order valence-electron chi connectivity index (χ4n) is 3.71. The molecule has 2 aromatic heterocycles. The van der Waals surface area contributed by atoms with E-state index in [1.165, 1.54) is 30.3 Å². The van der Waals surface area contributed by atoms with Crippen LogP contribution in [0.2, 0.25) is 5.02 Å². The first-order valence-electron chi connectivity index (χ1n) is 11.2. The molecule has 0 bridgehead atoms. The van der Waals surface area contributed by atoms with Crippen molar-refractivity contribution in [3.63, 3.8) is 0 Å². The summed E-state index contributed by atoms with van der Waals surface area (Å²) in [6.45, 7) is -1.83. The average molecular weight is 593 g/mol. The number of rotatable bonds is 8. The lowest BCUT2D eigenvalue weighted by molar-refractivity contribution is -0.207. The topological polar surface area (TPSA) is 120 Å². The Morgan fingerprint density at radius 2 is 1.65 bits per heavy atom. The first-order chi connectivity index (χ1) is 18.7. The highest BCUT2D eigenvalue weighted by molar-refractivity contribution is 6.30. The zero-order valence-electron chi connectivity index (χ0n) is 20.2. The van der Waals surface area contributed by atoms with Gasteiger partial charge in [-0.2, -0.15) is 26.3 Å². The zero-order chi connectivity index (χ0) is 29.4. The summed E-state index contributed by atoms with van der Waals surface area (Å²) in [6, 6.07) is 9.90. The van der Waals surface area contributed by atoms with Crippen LogP contribution in [0.4, 0.5) is 26.3 Å². The first-order valence-corrected chi connectivity index (χ1v) is 11.6. The van der Waals surface area contributed by atoms with Gasteiger partial charge in [-0.1, -0.05) is 23.7 Å². The maximum Gasteiger partial charge on any atom is 0.418 e. The van der Waals surface area contributed by atoms with E-state index >= 15 is 0 Å². The Morgan fingerprint density at radius 3 is 2.25 bits per heavy atom. The van der Waals surface area contributed by atoms with Crippen LogP contribution >= 0.6 is 11.6 Å². The second kappa shape index (κ2) is 11.0. The lowest BCUT2D eigenvalue weighted by Gasteiger charge is -2.15. The molecule has 0 aliphatic heterocycles. The van der Waals surface area contributed by atoms with Gasteiger partial charge in [0.1, 0.15) is 6.54 Å². The number of methoxy groups -OCH3 is 1. The molecule has 0 saturated heterocycles. The van der Waals surface area contributed by atoms with Crippen LogP contribution in [-0.4, -0.2) is 58.7 Å². The maximum atomic E-state index is 13.7. The van der Waals surface area contributed by atoms with Gasteiger partial charge in [-0.05, 0) is 36.4 Å². The maximum absolute atomic E-state index is 13.7. The van der Waals surface area contributed by atoms with Crippen molar-refractivity contribution in [2.45, 2.75) is 37.8 Å². The first kappa shape index (κ1) is 29.3. The second-order valence-corrected chi connectivity index (χ2v) is 8.78. The fourth-order valence-corrected chi connectivity index (χ4v) is 3.83. The molecule has 0 radical (unpaired) electrons. The highest BCUT2D eigenvalue weighted by atomic mass is 35.5. The van der Waals surface area contributed by atoms with Crippen LogP contribution in [0.1, 0.15) is 23.5 Å². The number of benzene rings is 2. The molecule has 0 amide bonds. The molecule has 0 fully saturated rings. The zero-order valence-corrected chi connectivity index (χ0v) is 21.0. The molecule has 0 saturated carbocycles. The van der Waals surface area contributed by atoms with Gasteiger partial charge < -0.3 is 14.9 Å². The molecule has 214 valence electrons. The molecule has 17 heteroatoms. The van der Waals surface area contributed by atoms with E-state index in [4.69, 9.17) is 16.3 Å². The Labute approximate surface area is 225 Å². The summed E-state index contributed by atoms with van der Waals surface area (Å²) in [5.41, 5.74) is -2.53. The minimum atomic E-state index is -5.05. The summed E-state index contributed by atoms with van der Waals surface area (Å²) >= 11 is 5.87. The number of ether oxygens (including phenoxy) is 1. The number of nitrogens with zero attached hydrogens (tertiary/aromatic N) is 6. The van der Waals surface area contributed by atoms with Crippen LogP contribution in [0.25, 0.3) is 17.1 Å². The summed E-state index contributed by atoms with van der Waals surface area (Å²) in [5, 5.41) is 28.2. The van der Waals surface area contributed by atoms with Crippen LogP contribution < -0.4 is 5.69 Å². The number of aliphatic hydroxyl groups is 2. The van der Waals surface area contributed by atoms with Crippen molar-refractivity contribution in [3.8, 4) is 17.1 Å². The van der Waals surface area contributed by atoms with Crippen LogP contribution in [0.15, 0.2) is 53.3 Å². The van der Waals surface area contributed by atoms with Gasteiger partial charge in [0.05, 0.1) is 17.8 Å². The molecule has 2 N–H and O–H groups in total. The van der Waals surface area contributed by atoms with Gasteiger partial charge in [-0.15, -0.1) is 10.2 Å². The van der Waals surface area contributed by atoms with Crippen molar-refractivity contribution in [1.29, 1.82) is 0 Å². The van der Waals surface area contributed by atoms with E-state index in [2.05, 4.69) is 15.2 Å². The Bertz CT molecular complexity index is 1550. The van der Waals surface area contributed by atoms with Crippen LogP contribution in [0, 0.1) is 0 Å². The van der Waals surface area contributed by atoms with Gasteiger partial charge in [-0.3, -0.25) is 4.57 Å². The molecule has 2 heterocycles. The number of aromatic nitrogens is 6. The average Bonchev–Trinajstić information content (AvgIpc) is 3.44.